The van der Waals surface area contributed by atoms with E-state index >= 15 is 0 Å². The normalized spacial score (nSPS) is 13.6. The summed E-state index contributed by atoms with van der Waals surface area (Å²) in [5.41, 5.74) is 4.55. The highest BCUT2D eigenvalue weighted by Gasteiger charge is 2.19. The Kier molecular flexibility index (Phi) is 4.83. The number of nitrogens with one attached hydrogen (secondary N) is 2. The molecule has 1 unspecified atom stereocenters. The fourth-order valence-corrected chi connectivity index (χ4v) is 3.73. The summed E-state index contributed by atoms with van der Waals surface area (Å²) in [5, 5.41) is 8.01. The molecule has 2 heterocycles. The Balaban J connectivity index is 1.42. The molecule has 142 valence electrons. The summed E-state index contributed by atoms with van der Waals surface area (Å²) in [6.07, 6.45) is -0.267. The second-order valence-electron chi connectivity index (χ2n) is 6.70. The first-order valence-corrected chi connectivity index (χ1v) is 9.79. The first-order valence-electron chi connectivity index (χ1n) is 8.91. The maximum absolute atomic E-state index is 12.4. The van der Waals surface area contributed by atoms with Crippen LogP contribution in [-0.4, -0.2) is 22.9 Å². The second kappa shape index (κ2) is 7.44. The van der Waals surface area contributed by atoms with Crippen molar-refractivity contribution >= 4 is 34.0 Å². The topological polar surface area (TPSA) is 80.3 Å². The Morgan fingerprint density at radius 2 is 2.14 bits per heavy atom. The van der Waals surface area contributed by atoms with E-state index in [0.717, 1.165) is 28.1 Å². The number of rotatable bonds is 5. The van der Waals surface area contributed by atoms with Crippen molar-refractivity contribution in [1.82, 2.24) is 4.98 Å². The number of carbonyl (C=O) groups is 2. The third-order valence-electron chi connectivity index (χ3n) is 4.43. The molecule has 0 saturated carbocycles. The summed E-state index contributed by atoms with van der Waals surface area (Å²) < 4.78 is 5.71. The summed E-state index contributed by atoms with van der Waals surface area (Å²) >= 11 is 1.35. The Labute approximate surface area is 166 Å². The fraction of sp³-hybridized carbons (Fsp3) is 0.190. The van der Waals surface area contributed by atoms with Crippen molar-refractivity contribution in [1.29, 1.82) is 0 Å². The number of anilines is 2. The molecule has 0 aliphatic carbocycles. The SMILES string of the molecule is Cc1cccc(OC(C)C(=O)Nc2nc(-c3ccc4c(c3)CC(=O)N4)cs2)c1. The van der Waals surface area contributed by atoms with Crippen LogP contribution in [0.2, 0.25) is 0 Å². The highest BCUT2D eigenvalue weighted by molar-refractivity contribution is 7.14. The van der Waals surface area contributed by atoms with Gasteiger partial charge in [-0.15, -0.1) is 11.3 Å². The Hall–Kier alpha value is -3.19. The average molecular weight is 393 g/mol. The van der Waals surface area contributed by atoms with Crippen molar-refractivity contribution in [2.45, 2.75) is 26.4 Å². The zero-order valence-corrected chi connectivity index (χ0v) is 16.3. The molecular formula is C21H19N3O3S. The molecule has 0 bridgehead atoms. The second-order valence-corrected chi connectivity index (χ2v) is 7.56. The number of hydrogen-bond acceptors (Lipinski definition) is 5. The average Bonchev–Trinajstić information content (AvgIpc) is 3.26. The Morgan fingerprint density at radius 3 is 2.96 bits per heavy atom. The maximum Gasteiger partial charge on any atom is 0.266 e. The molecule has 7 heteroatoms. The van der Waals surface area contributed by atoms with Crippen molar-refractivity contribution < 1.29 is 14.3 Å². The Bertz CT molecular complexity index is 1060. The molecule has 0 radical (unpaired) electrons. The van der Waals surface area contributed by atoms with Gasteiger partial charge < -0.3 is 10.1 Å². The third kappa shape index (κ3) is 3.89. The number of benzene rings is 2. The first-order chi connectivity index (χ1) is 13.5. The van der Waals surface area contributed by atoms with Crippen LogP contribution in [0.4, 0.5) is 10.8 Å². The molecule has 1 aromatic heterocycles. The number of amides is 2. The van der Waals surface area contributed by atoms with E-state index in [0.29, 0.717) is 17.3 Å². The van der Waals surface area contributed by atoms with E-state index in [9.17, 15) is 9.59 Å². The van der Waals surface area contributed by atoms with Gasteiger partial charge in [0.15, 0.2) is 11.2 Å². The van der Waals surface area contributed by atoms with Crippen molar-refractivity contribution in [2.75, 3.05) is 10.6 Å². The molecule has 0 saturated heterocycles. The molecule has 0 spiro atoms. The van der Waals surface area contributed by atoms with Gasteiger partial charge in [-0.1, -0.05) is 18.2 Å². The number of aromatic nitrogens is 1. The lowest BCUT2D eigenvalue weighted by Crippen LogP contribution is -2.30. The lowest BCUT2D eigenvalue weighted by molar-refractivity contribution is -0.122. The van der Waals surface area contributed by atoms with Crippen molar-refractivity contribution in [3.05, 3.63) is 59.0 Å². The molecule has 28 heavy (non-hydrogen) atoms. The number of fused-ring (bicyclic) bond motifs is 1. The van der Waals surface area contributed by atoms with E-state index in [4.69, 9.17) is 4.74 Å². The van der Waals surface area contributed by atoms with E-state index < -0.39 is 6.10 Å². The summed E-state index contributed by atoms with van der Waals surface area (Å²) in [5.74, 6) is 0.399. The van der Waals surface area contributed by atoms with E-state index in [1.165, 1.54) is 11.3 Å². The first kappa shape index (κ1) is 18.2. The van der Waals surface area contributed by atoms with Crippen LogP contribution in [0.25, 0.3) is 11.3 Å². The van der Waals surface area contributed by atoms with E-state index in [1.807, 2.05) is 54.8 Å². The minimum Gasteiger partial charge on any atom is -0.481 e. The molecule has 0 fully saturated rings. The van der Waals surface area contributed by atoms with Gasteiger partial charge in [-0.3, -0.25) is 14.9 Å². The van der Waals surface area contributed by atoms with Crippen LogP contribution in [0, 0.1) is 6.92 Å². The number of aryl methyl sites for hydroxylation is 1. The van der Waals surface area contributed by atoms with Gasteiger partial charge in [0.2, 0.25) is 5.91 Å². The minimum atomic E-state index is -0.647. The summed E-state index contributed by atoms with van der Waals surface area (Å²) in [6.45, 7) is 3.68. The zero-order valence-electron chi connectivity index (χ0n) is 15.5. The molecule has 1 aliphatic heterocycles. The van der Waals surface area contributed by atoms with Gasteiger partial charge in [-0.25, -0.2) is 4.98 Å². The van der Waals surface area contributed by atoms with Gasteiger partial charge in [0.05, 0.1) is 12.1 Å². The Morgan fingerprint density at radius 1 is 1.29 bits per heavy atom. The predicted molar refractivity (Wildman–Crippen MR) is 110 cm³/mol. The lowest BCUT2D eigenvalue weighted by Gasteiger charge is -2.14. The molecule has 3 aromatic rings. The van der Waals surface area contributed by atoms with Gasteiger partial charge >= 0.3 is 0 Å². The van der Waals surface area contributed by atoms with Gasteiger partial charge in [-0.2, -0.15) is 0 Å². The van der Waals surface area contributed by atoms with Gasteiger partial charge in [0.1, 0.15) is 5.75 Å². The molecule has 2 aromatic carbocycles. The summed E-state index contributed by atoms with van der Waals surface area (Å²) in [6, 6.07) is 13.3. The van der Waals surface area contributed by atoms with E-state index in [1.54, 1.807) is 6.92 Å². The monoisotopic (exact) mass is 393 g/mol. The number of ether oxygens (including phenoxy) is 1. The van der Waals surface area contributed by atoms with Crippen LogP contribution in [-0.2, 0) is 16.0 Å². The fourth-order valence-electron chi connectivity index (χ4n) is 3.01. The van der Waals surface area contributed by atoms with Gasteiger partial charge in [-0.05, 0) is 49.2 Å². The standard InChI is InChI=1S/C21H19N3O3S/c1-12-4-3-5-16(8-12)27-13(2)20(26)24-21-23-18(11-28-21)14-6-7-17-15(9-14)10-19(25)22-17/h3-9,11,13H,10H2,1-2H3,(H,22,25)(H,23,24,26). The number of hydrogen-bond donors (Lipinski definition) is 2. The molecular weight excluding hydrogens is 374 g/mol. The van der Waals surface area contributed by atoms with Crippen molar-refractivity contribution in [3.8, 4) is 17.0 Å². The number of carbonyl (C=O) groups excluding carboxylic acids is 2. The molecule has 2 N–H and O–H groups in total. The minimum absolute atomic E-state index is 0.000905. The van der Waals surface area contributed by atoms with Crippen LogP contribution >= 0.6 is 11.3 Å². The van der Waals surface area contributed by atoms with Crippen molar-refractivity contribution in [2.24, 2.45) is 0 Å². The quantitative estimate of drug-likeness (QED) is 0.686. The molecule has 2 amide bonds. The lowest BCUT2D eigenvalue weighted by atomic mass is 10.1. The maximum atomic E-state index is 12.4. The van der Waals surface area contributed by atoms with Crippen LogP contribution in [0.5, 0.6) is 5.75 Å². The highest BCUT2D eigenvalue weighted by Crippen LogP contribution is 2.31. The largest absolute Gasteiger partial charge is 0.481 e. The summed E-state index contributed by atoms with van der Waals surface area (Å²) in [4.78, 5) is 28.4. The van der Waals surface area contributed by atoms with Gasteiger partial charge in [0, 0.05) is 16.6 Å². The van der Waals surface area contributed by atoms with E-state index in [-0.39, 0.29) is 11.8 Å². The van der Waals surface area contributed by atoms with Gasteiger partial charge in [0.25, 0.3) is 5.91 Å². The highest BCUT2D eigenvalue weighted by atomic mass is 32.1. The summed E-state index contributed by atoms with van der Waals surface area (Å²) in [7, 11) is 0. The smallest absolute Gasteiger partial charge is 0.266 e. The predicted octanol–water partition coefficient (Wildman–Crippen LogP) is 4.02. The molecule has 1 atom stereocenters. The zero-order chi connectivity index (χ0) is 19.7. The van der Waals surface area contributed by atoms with Crippen LogP contribution in [0.3, 0.4) is 0 Å². The number of nitrogens with zero attached hydrogens (tertiary/aromatic N) is 1. The van der Waals surface area contributed by atoms with E-state index in [2.05, 4.69) is 15.6 Å². The molecule has 4 rings (SSSR count). The molecule has 1 aliphatic rings. The van der Waals surface area contributed by atoms with Crippen LogP contribution < -0.4 is 15.4 Å². The molecule has 6 nitrogen and oxygen atoms in total. The number of thiazole rings is 1. The van der Waals surface area contributed by atoms with Crippen LogP contribution in [0.1, 0.15) is 18.1 Å². The third-order valence-corrected chi connectivity index (χ3v) is 5.19. The van der Waals surface area contributed by atoms with Crippen LogP contribution in [0.15, 0.2) is 47.8 Å². The van der Waals surface area contributed by atoms with Crippen molar-refractivity contribution in [3.63, 3.8) is 0 Å².